The van der Waals surface area contributed by atoms with E-state index in [0.29, 0.717) is 5.56 Å². The minimum atomic E-state index is 0.0516. The summed E-state index contributed by atoms with van der Waals surface area (Å²) < 4.78 is 0.945. The van der Waals surface area contributed by atoms with Gasteiger partial charge in [-0.3, -0.25) is 5.41 Å². The summed E-state index contributed by atoms with van der Waals surface area (Å²) in [6, 6.07) is 13.5. The molecule has 0 aliphatic rings. The molecule has 0 saturated heterocycles. The van der Waals surface area contributed by atoms with Gasteiger partial charge in [0.05, 0.1) is 6.04 Å². The normalized spacial score (nSPS) is 12.0. The number of hydrogen-bond donors (Lipinski definition) is 2. The van der Waals surface area contributed by atoms with Crippen molar-refractivity contribution in [3.63, 3.8) is 0 Å². The molecule has 0 aliphatic carbocycles. The van der Waals surface area contributed by atoms with E-state index in [9.17, 15) is 0 Å². The first-order valence-corrected chi connectivity index (χ1v) is 7.70. The standard InChI is InChI=1S/C16H17BrClN3/c1-10(12-5-3-4-6-14(12)18)21(2)15-9-11(17)7-8-13(15)16(19)20/h3-10H,1-2H3,(H3,19,20). The largest absolute Gasteiger partial charge is 0.384 e. The van der Waals surface area contributed by atoms with Crippen molar-refractivity contribution in [3.8, 4) is 0 Å². The zero-order valence-electron chi connectivity index (χ0n) is 11.9. The van der Waals surface area contributed by atoms with Crippen molar-refractivity contribution >= 4 is 39.1 Å². The molecule has 0 aliphatic heterocycles. The molecule has 0 aromatic heterocycles. The average molecular weight is 367 g/mol. The molecule has 0 saturated carbocycles. The second-order valence-corrected chi connectivity index (χ2v) is 6.21. The average Bonchev–Trinajstić information content (AvgIpc) is 2.45. The number of hydrogen-bond acceptors (Lipinski definition) is 2. The summed E-state index contributed by atoms with van der Waals surface area (Å²) in [5, 5.41) is 8.47. The van der Waals surface area contributed by atoms with E-state index in [1.54, 1.807) is 0 Å². The fourth-order valence-corrected chi connectivity index (χ4v) is 2.90. The van der Waals surface area contributed by atoms with Gasteiger partial charge < -0.3 is 10.6 Å². The second-order valence-electron chi connectivity index (χ2n) is 4.88. The first-order valence-electron chi connectivity index (χ1n) is 6.53. The Morgan fingerprint density at radius 1 is 1.29 bits per heavy atom. The van der Waals surface area contributed by atoms with Gasteiger partial charge >= 0.3 is 0 Å². The molecule has 3 nitrogen and oxygen atoms in total. The van der Waals surface area contributed by atoms with E-state index < -0.39 is 0 Å². The molecule has 2 aromatic rings. The predicted octanol–water partition coefficient (Wildman–Crippen LogP) is 4.58. The van der Waals surface area contributed by atoms with Crippen LogP contribution in [0.3, 0.4) is 0 Å². The molecule has 1 unspecified atom stereocenters. The highest BCUT2D eigenvalue weighted by atomic mass is 79.9. The fourth-order valence-electron chi connectivity index (χ4n) is 2.26. The van der Waals surface area contributed by atoms with Gasteiger partial charge in [0.1, 0.15) is 5.84 Å². The number of anilines is 1. The SMILES string of the molecule is CC(c1ccccc1Cl)N(C)c1cc(Br)ccc1C(=N)N. The molecule has 0 amide bonds. The molecule has 0 bridgehead atoms. The topological polar surface area (TPSA) is 53.1 Å². The van der Waals surface area contributed by atoms with Crippen LogP contribution in [0.4, 0.5) is 5.69 Å². The first kappa shape index (κ1) is 15.9. The van der Waals surface area contributed by atoms with Crippen LogP contribution in [0.1, 0.15) is 24.1 Å². The summed E-state index contributed by atoms with van der Waals surface area (Å²) >= 11 is 9.75. The maximum atomic E-state index is 7.74. The number of nitrogens with two attached hydrogens (primary N) is 1. The van der Waals surface area contributed by atoms with Crippen molar-refractivity contribution in [1.29, 1.82) is 5.41 Å². The molecule has 0 radical (unpaired) electrons. The van der Waals surface area contributed by atoms with Gasteiger partial charge in [-0.15, -0.1) is 0 Å². The minimum Gasteiger partial charge on any atom is -0.384 e. The predicted molar refractivity (Wildman–Crippen MR) is 93.4 cm³/mol. The summed E-state index contributed by atoms with van der Waals surface area (Å²) in [7, 11) is 1.97. The number of nitrogen functional groups attached to an aromatic ring is 1. The van der Waals surface area contributed by atoms with Crippen LogP contribution in [0.2, 0.25) is 5.02 Å². The summed E-state index contributed by atoms with van der Waals surface area (Å²) in [5.41, 5.74) is 8.33. The molecular formula is C16H17BrClN3. The van der Waals surface area contributed by atoms with Gasteiger partial charge in [0.25, 0.3) is 0 Å². The fraction of sp³-hybridized carbons (Fsp3) is 0.188. The van der Waals surface area contributed by atoms with E-state index in [-0.39, 0.29) is 11.9 Å². The third kappa shape index (κ3) is 3.39. The Morgan fingerprint density at radius 2 is 1.95 bits per heavy atom. The molecule has 110 valence electrons. The third-order valence-corrected chi connectivity index (χ3v) is 4.40. The lowest BCUT2D eigenvalue weighted by atomic mass is 10.0. The quantitative estimate of drug-likeness (QED) is 0.614. The highest BCUT2D eigenvalue weighted by molar-refractivity contribution is 9.10. The van der Waals surface area contributed by atoms with Crippen LogP contribution >= 0.6 is 27.5 Å². The number of amidine groups is 1. The smallest absolute Gasteiger partial charge is 0.124 e. The highest BCUT2D eigenvalue weighted by Crippen LogP contribution is 2.33. The monoisotopic (exact) mass is 365 g/mol. The zero-order valence-corrected chi connectivity index (χ0v) is 14.2. The number of rotatable bonds is 4. The molecule has 0 spiro atoms. The summed E-state index contributed by atoms with van der Waals surface area (Å²) in [6.45, 7) is 2.08. The molecule has 2 rings (SSSR count). The van der Waals surface area contributed by atoms with Gasteiger partial charge in [0.2, 0.25) is 0 Å². The van der Waals surface area contributed by atoms with Gasteiger partial charge in [0.15, 0.2) is 0 Å². The number of halogens is 2. The molecule has 21 heavy (non-hydrogen) atoms. The van der Waals surface area contributed by atoms with Crippen LogP contribution in [0.15, 0.2) is 46.9 Å². The highest BCUT2D eigenvalue weighted by Gasteiger charge is 2.18. The van der Waals surface area contributed by atoms with Crippen LogP contribution in [0, 0.1) is 5.41 Å². The Bertz CT molecular complexity index is 672. The maximum Gasteiger partial charge on any atom is 0.124 e. The van der Waals surface area contributed by atoms with Crippen LogP contribution in [0.5, 0.6) is 0 Å². The maximum absolute atomic E-state index is 7.74. The Kier molecular flexibility index (Phi) is 4.91. The molecule has 1 atom stereocenters. The Morgan fingerprint density at radius 3 is 2.57 bits per heavy atom. The molecule has 0 heterocycles. The summed E-state index contributed by atoms with van der Waals surface area (Å²) in [4.78, 5) is 2.07. The van der Waals surface area contributed by atoms with E-state index in [0.717, 1.165) is 20.7 Å². The molecule has 2 aromatic carbocycles. The van der Waals surface area contributed by atoms with Gasteiger partial charge in [0, 0.05) is 27.8 Å². The van der Waals surface area contributed by atoms with E-state index >= 15 is 0 Å². The lowest BCUT2D eigenvalue weighted by Gasteiger charge is -2.30. The Labute approximate surface area is 138 Å². The molecule has 0 fully saturated rings. The van der Waals surface area contributed by atoms with Crippen molar-refractivity contribution in [3.05, 3.63) is 63.1 Å². The van der Waals surface area contributed by atoms with Crippen molar-refractivity contribution in [1.82, 2.24) is 0 Å². The van der Waals surface area contributed by atoms with Gasteiger partial charge in [-0.1, -0.05) is 45.7 Å². The number of nitrogens with zero attached hydrogens (tertiary/aromatic N) is 1. The van der Waals surface area contributed by atoms with E-state index in [4.69, 9.17) is 22.7 Å². The van der Waals surface area contributed by atoms with Crippen LogP contribution < -0.4 is 10.6 Å². The van der Waals surface area contributed by atoms with E-state index in [1.165, 1.54) is 0 Å². The van der Waals surface area contributed by atoms with Crippen molar-refractivity contribution in [2.45, 2.75) is 13.0 Å². The Balaban J connectivity index is 2.44. The van der Waals surface area contributed by atoms with Crippen LogP contribution in [0.25, 0.3) is 0 Å². The van der Waals surface area contributed by atoms with Crippen molar-refractivity contribution < 1.29 is 0 Å². The van der Waals surface area contributed by atoms with Crippen LogP contribution in [-0.2, 0) is 0 Å². The Hall–Kier alpha value is -1.52. The van der Waals surface area contributed by atoms with Crippen LogP contribution in [-0.4, -0.2) is 12.9 Å². The second kappa shape index (κ2) is 6.50. The number of benzene rings is 2. The van der Waals surface area contributed by atoms with E-state index in [1.807, 2.05) is 49.5 Å². The molecule has 5 heteroatoms. The minimum absolute atomic E-state index is 0.0516. The summed E-state index contributed by atoms with van der Waals surface area (Å²) in [5.74, 6) is 0.0516. The molecular weight excluding hydrogens is 350 g/mol. The lowest BCUT2D eigenvalue weighted by molar-refractivity contribution is 0.739. The van der Waals surface area contributed by atoms with Gasteiger partial charge in [-0.05, 0) is 36.8 Å². The van der Waals surface area contributed by atoms with Crippen molar-refractivity contribution in [2.75, 3.05) is 11.9 Å². The first-order chi connectivity index (χ1) is 9.91. The van der Waals surface area contributed by atoms with Gasteiger partial charge in [-0.25, -0.2) is 0 Å². The third-order valence-electron chi connectivity index (χ3n) is 3.57. The van der Waals surface area contributed by atoms with Gasteiger partial charge in [-0.2, -0.15) is 0 Å². The number of nitrogens with one attached hydrogen (secondary N) is 1. The lowest BCUT2D eigenvalue weighted by Crippen LogP contribution is -2.25. The van der Waals surface area contributed by atoms with Crippen molar-refractivity contribution in [2.24, 2.45) is 5.73 Å². The molecule has 3 N–H and O–H groups in total. The zero-order chi connectivity index (χ0) is 15.6. The summed E-state index contributed by atoms with van der Waals surface area (Å²) in [6.07, 6.45) is 0. The van der Waals surface area contributed by atoms with E-state index in [2.05, 4.69) is 27.8 Å².